The lowest BCUT2D eigenvalue weighted by atomic mass is 9.99. The molecule has 4 aromatic rings. The second-order valence-corrected chi connectivity index (χ2v) is 13.0. The van der Waals surface area contributed by atoms with E-state index in [1.165, 1.54) is 32.4 Å². The number of aromatic nitrogens is 2. The Kier molecular flexibility index (Phi) is 9.06. The summed E-state index contributed by atoms with van der Waals surface area (Å²) in [5.41, 5.74) is 4.06. The van der Waals surface area contributed by atoms with Gasteiger partial charge < -0.3 is 20.1 Å². The Morgan fingerprint density at radius 2 is 1.80 bits per heavy atom. The predicted molar refractivity (Wildman–Crippen MR) is 180 cm³/mol. The van der Waals surface area contributed by atoms with Crippen LogP contribution < -0.4 is 16.2 Å². The van der Waals surface area contributed by atoms with Crippen molar-refractivity contribution in [2.24, 2.45) is 7.05 Å². The number of piperazine rings is 1. The molecule has 46 heavy (non-hydrogen) atoms. The highest BCUT2D eigenvalue weighted by atomic mass is 32.1. The van der Waals surface area contributed by atoms with Crippen LogP contribution in [0, 0.1) is 12.7 Å². The van der Waals surface area contributed by atoms with Crippen LogP contribution in [0.4, 0.5) is 21.6 Å². The molecule has 2 aliphatic rings. The Balaban J connectivity index is 1.25. The number of likely N-dealkylation sites (N-methyl/N-ethyl adjacent to an activating group) is 2. The van der Waals surface area contributed by atoms with E-state index < -0.39 is 5.82 Å². The van der Waals surface area contributed by atoms with Crippen LogP contribution in [0.5, 0.6) is 0 Å². The smallest absolute Gasteiger partial charge is 0.293 e. The number of nitrogens with one attached hydrogen (secondary N) is 2. The molecule has 1 fully saturated rings. The largest absolute Gasteiger partial charge is 0.340 e. The summed E-state index contributed by atoms with van der Waals surface area (Å²) in [5.74, 6) is -0.678. The van der Waals surface area contributed by atoms with Crippen LogP contribution in [0.2, 0.25) is 0 Å². The number of amides is 2. The zero-order chi connectivity index (χ0) is 32.5. The van der Waals surface area contributed by atoms with Gasteiger partial charge in [-0.25, -0.2) is 9.37 Å². The van der Waals surface area contributed by atoms with Crippen LogP contribution in [0.1, 0.15) is 64.0 Å². The number of hydrogen-bond donors (Lipinski definition) is 2. The molecule has 11 heteroatoms. The summed E-state index contributed by atoms with van der Waals surface area (Å²) in [6.07, 6.45) is 5.78. The number of carbonyl (C=O) groups is 2. The summed E-state index contributed by atoms with van der Waals surface area (Å²) in [7, 11) is 1.63. The maximum absolute atomic E-state index is 15.1. The fourth-order valence-electron chi connectivity index (χ4n) is 6.42. The summed E-state index contributed by atoms with van der Waals surface area (Å²) in [4.78, 5) is 50.0. The molecule has 0 spiro atoms. The Hall–Kier alpha value is -4.35. The fraction of sp³-hybridized carbons (Fsp3) is 0.371. The number of carbonyl (C=O) groups excluding carboxylic acids is 2. The Bertz CT molecular complexity index is 1830. The number of nitrogens with zero attached hydrogens (tertiary/aromatic N) is 4. The summed E-state index contributed by atoms with van der Waals surface area (Å²) in [5, 5.41) is 5.93. The van der Waals surface area contributed by atoms with E-state index >= 15 is 4.39 Å². The lowest BCUT2D eigenvalue weighted by molar-refractivity contribution is -0.141. The molecular weight excluding hydrogens is 603 g/mol. The summed E-state index contributed by atoms with van der Waals surface area (Å²) in [6.45, 7) is 8.77. The van der Waals surface area contributed by atoms with Gasteiger partial charge in [-0.2, -0.15) is 0 Å². The average Bonchev–Trinajstić information content (AvgIpc) is 3.50. The molecule has 3 heterocycles. The minimum Gasteiger partial charge on any atom is -0.340 e. The van der Waals surface area contributed by atoms with E-state index in [-0.39, 0.29) is 34.9 Å². The number of benzene rings is 2. The number of rotatable bonds is 8. The SMILES string of the molecule is CCN1CCN(CC)C(c2ccc(Nc3nc(-c4ccc(F)c(NC(=O)c5cc6c(s5)CCCC6)c4C)cn(C)c3=O)cc2)C1=O. The van der Waals surface area contributed by atoms with Gasteiger partial charge in [0.1, 0.15) is 11.9 Å². The first kappa shape index (κ1) is 31.6. The standard InChI is InChI=1S/C35H39FN6O3S/c1-5-41-17-18-42(6-2)34(44)31(41)22-11-13-24(14-12-22)37-32-35(45)40(4)20-27(38-32)25-15-16-26(36)30(21(25)3)39-33(43)29-19-23-9-7-8-10-28(23)46-29/h11-16,19-20,31H,5-10,17-18H2,1-4H3,(H,37,38)(H,39,43). The van der Waals surface area contributed by atoms with Gasteiger partial charge in [0.2, 0.25) is 5.91 Å². The number of aryl methyl sites for hydroxylation is 3. The van der Waals surface area contributed by atoms with Crippen LogP contribution in [0.25, 0.3) is 11.3 Å². The second-order valence-electron chi connectivity index (χ2n) is 11.9. The number of thiophene rings is 1. The van der Waals surface area contributed by atoms with Crippen molar-refractivity contribution in [1.29, 1.82) is 0 Å². The zero-order valence-corrected chi connectivity index (χ0v) is 27.5. The first-order valence-corrected chi connectivity index (χ1v) is 16.7. The molecule has 1 unspecified atom stereocenters. The molecule has 0 saturated carbocycles. The molecule has 1 atom stereocenters. The van der Waals surface area contributed by atoms with E-state index in [0.717, 1.165) is 50.9 Å². The Labute approximate surface area is 272 Å². The maximum Gasteiger partial charge on any atom is 0.293 e. The van der Waals surface area contributed by atoms with E-state index in [2.05, 4.69) is 27.4 Å². The molecule has 0 radical (unpaired) electrons. The van der Waals surface area contributed by atoms with Crippen LogP contribution in [-0.2, 0) is 24.7 Å². The lowest BCUT2D eigenvalue weighted by Crippen LogP contribution is -2.51. The fourth-order valence-corrected chi connectivity index (χ4v) is 7.56. The quantitative estimate of drug-likeness (QED) is 0.243. The summed E-state index contributed by atoms with van der Waals surface area (Å²) >= 11 is 1.48. The third-order valence-electron chi connectivity index (χ3n) is 9.07. The van der Waals surface area contributed by atoms with Crippen molar-refractivity contribution in [3.63, 3.8) is 0 Å². The number of anilines is 3. The molecule has 2 amide bonds. The van der Waals surface area contributed by atoms with E-state index in [1.807, 2.05) is 42.2 Å². The highest BCUT2D eigenvalue weighted by molar-refractivity contribution is 7.14. The molecule has 1 saturated heterocycles. The molecule has 2 aromatic carbocycles. The predicted octanol–water partition coefficient (Wildman–Crippen LogP) is 6.06. The lowest BCUT2D eigenvalue weighted by Gasteiger charge is -2.40. The molecule has 6 rings (SSSR count). The van der Waals surface area contributed by atoms with E-state index in [4.69, 9.17) is 0 Å². The molecule has 0 bridgehead atoms. The number of halogens is 1. The Morgan fingerprint density at radius 1 is 1.04 bits per heavy atom. The van der Waals surface area contributed by atoms with Crippen molar-refractivity contribution in [3.8, 4) is 11.3 Å². The van der Waals surface area contributed by atoms with Crippen LogP contribution in [-0.4, -0.2) is 57.3 Å². The monoisotopic (exact) mass is 642 g/mol. The third kappa shape index (κ3) is 6.09. The van der Waals surface area contributed by atoms with E-state index in [0.29, 0.717) is 33.9 Å². The number of hydrogen-bond acceptors (Lipinski definition) is 7. The van der Waals surface area contributed by atoms with Gasteiger partial charge in [-0.1, -0.05) is 19.1 Å². The second kappa shape index (κ2) is 13.2. The van der Waals surface area contributed by atoms with Crippen molar-refractivity contribution < 1.29 is 14.0 Å². The molecule has 9 nitrogen and oxygen atoms in total. The molecule has 2 N–H and O–H groups in total. The maximum atomic E-state index is 15.1. The first-order chi connectivity index (χ1) is 22.2. The van der Waals surface area contributed by atoms with Gasteiger partial charge in [-0.3, -0.25) is 19.3 Å². The van der Waals surface area contributed by atoms with Gasteiger partial charge in [0.15, 0.2) is 5.82 Å². The summed E-state index contributed by atoms with van der Waals surface area (Å²) < 4.78 is 16.5. The highest BCUT2D eigenvalue weighted by Crippen LogP contribution is 2.34. The molecule has 1 aliphatic heterocycles. The number of fused-ring (bicyclic) bond motifs is 1. The van der Waals surface area contributed by atoms with Crippen molar-refractivity contribution in [2.75, 3.05) is 36.8 Å². The third-order valence-corrected chi connectivity index (χ3v) is 10.3. The normalized spacial score (nSPS) is 16.8. The summed E-state index contributed by atoms with van der Waals surface area (Å²) in [6, 6.07) is 12.0. The van der Waals surface area contributed by atoms with Crippen molar-refractivity contribution in [1.82, 2.24) is 19.4 Å². The molecule has 2 aromatic heterocycles. The van der Waals surface area contributed by atoms with Crippen LogP contribution in [0.15, 0.2) is 53.5 Å². The zero-order valence-electron chi connectivity index (χ0n) is 26.7. The topological polar surface area (TPSA) is 99.6 Å². The Morgan fingerprint density at radius 3 is 2.52 bits per heavy atom. The first-order valence-electron chi connectivity index (χ1n) is 15.9. The molecule has 240 valence electrons. The van der Waals surface area contributed by atoms with Gasteiger partial charge >= 0.3 is 0 Å². The van der Waals surface area contributed by atoms with Gasteiger partial charge in [0.25, 0.3) is 11.5 Å². The van der Waals surface area contributed by atoms with Gasteiger partial charge in [-0.05, 0) is 93.1 Å². The highest BCUT2D eigenvalue weighted by Gasteiger charge is 2.34. The van der Waals surface area contributed by atoms with Gasteiger partial charge in [-0.15, -0.1) is 11.3 Å². The van der Waals surface area contributed by atoms with Crippen LogP contribution >= 0.6 is 11.3 Å². The average molecular weight is 643 g/mol. The molecular formula is C35H39FN6O3S. The van der Waals surface area contributed by atoms with Gasteiger partial charge in [0.05, 0.1) is 16.3 Å². The van der Waals surface area contributed by atoms with Crippen molar-refractivity contribution in [2.45, 2.75) is 52.5 Å². The van der Waals surface area contributed by atoms with Crippen molar-refractivity contribution >= 4 is 40.3 Å². The van der Waals surface area contributed by atoms with Crippen molar-refractivity contribution in [3.05, 3.63) is 91.3 Å². The molecule has 1 aliphatic carbocycles. The van der Waals surface area contributed by atoms with Crippen LogP contribution in [0.3, 0.4) is 0 Å². The van der Waals surface area contributed by atoms with E-state index in [1.54, 1.807) is 26.2 Å². The van der Waals surface area contributed by atoms with Gasteiger partial charge in [0, 0.05) is 49.0 Å². The minimum atomic E-state index is -0.542. The minimum absolute atomic E-state index is 0.0923. The van der Waals surface area contributed by atoms with E-state index in [9.17, 15) is 14.4 Å².